The molecule has 0 radical (unpaired) electrons. The molecule has 0 bridgehead atoms. The maximum atomic E-state index is 14.2. The van der Waals surface area contributed by atoms with Gasteiger partial charge in [-0.2, -0.15) is 0 Å². The predicted octanol–water partition coefficient (Wildman–Crippen LogP) is 4.72. The van der Waals surface area contributed by atoms with Crippen molar-refractivity contribution in [3.63, 3.8) is 0 Å². The smallest absolute Gasteiger partial charge is 0.213 e. The SMILES string of the molecule is CC(C)NC[C@H]1Oc2ccc(Cl)cc2[C@H](c2ccccc2F)O1.Cl. The van der Waals surface area contributed by atoms with Crippen LogP contribution in [0.25, 0.3) is 0 Å². The maximum Gasteiger partial charge on any atom is 0.213 e. The molecular weight excluding hydrogens is 352 g/mol. The molecule has 0 aromatic heterocycles. The van der Waals surface area contributed by atoms with Crippen LogP contribution < -0.4 is 10.1 Å². The topological polar surface area (TPSA) is 30.5 Å². The highest BCUT2D eigenvalue weighted by atomic mass is 35.5. The average molecular weight is 372 g/mol. The van der Waals surface area contributed by atoms with Crippen LogP contribution in [-0.4, -0.2) is 18.9 Å². The summed E-state index contributed by atoms with van der Waals surface area (Å²) in [5.74, 6) is 0.366. The zero-order valence-corrected chi connectivity index (χ0v) is 15.0. The van der Waals surface area contributed by atoms with Crippen molar-refractivity contribution in [1.29, 1.82) is 0 Å². The molecule has 0 saturated carbocycles. The standard InChI is InChI=1S/C18H19ClFNO2.ClH/c1-11(2)21-10-17-22-16-8-7-12(19)9-14(16)18(23-17)13-5-3-4-6-15(13)20;/h3-9,11,17-18,21H,10H2,1-2H3;1H/t17-,18-;/m0./s1. The Balaban J connectivity index is 0.00000208. The zero-order valence-electron chi connectivity index (χ0n) is 13.5. The molecule has 0 amide bonds. The van der Waals surface area contributed by atoms with Gasteiger partial charge < -0.3 is 14.8 Å². The van der Waals surface area contributed by atoms with Gasteiger partial charge in [0.1, 0.15) is 17.7 Å². The number of hydrogen-bond donors (Lipinski definition) is 1. The third kappa shape index (κ3) is 4.19. The fourth-order valence-electron chi connectivity index (χ4n) is 2.58. The van der Waals surface area contributed by atoms with Gasteiger partial charge in [-0.15, -0.1) is 12.4 Å². The Morgan fingerprint density at radius 1 is 1.17 bits per heavy atom. The molecule has 2 aromatic carbocycles. The molecule has 1 aliphatic heterocycles. The van der Waals surface area contributed by atoms with Gasteiger partial charge >= 0.3 is 0 Å². The minimum absolute atomic E-state index is 0. The van der Waals surface area contributed by atoms with Gasteiger partial charge in [0, 0.05) is 22.2 Å². The van der Waals surface area contributed by atoms with Crippen LogP contribution in [0.2, 0.25) is 5.02 Å². The molecular formula is C18H20Cl2FNO2. The number of nitrogens with one attached hydrogen (secondary N) is 1. The lowest BCUT2D eigenvalue weighted by atomic mass is 9.99. The third-order valence-electron chi connectivity index (χ3n) is 3.68. The molecule has 1 N–H and O–H groups in total. The number of fused-ring (bicyclic) bond motifs is 1. The Kier molecular flexibility index (Phi) is 6.47. The van der Waals surface area contributed by atoms with Crippen molar-refractivity contribution in [1.82, 2.24) is 5.32 Å². The second-order valence-corrected chi connectivity index (χ2v) is 6.27. The van der Waals surface area contributed by atoms with E-state index in [1.807, 2.05) is 13.8 Å². The summed E-state index contributed by atoms with van der Waals surface area (Å²) >= 11 is 6.09. The van der Waals surface area contributed by atoms with Crippen LogP contribution in [0.4, 0.5) is 4.39 Å². The van der Waals surface area contributed by atoms with E-state index in [1.54, 1.807) is 36.4 Å². The van der Waals surface area contributed by atoms with E-state index in [2.05, 4.69) is 5.32 Å². The quantitative estimate of drug-likeness (QED) is 0.842. The zero-order chi connectivity index (χ0) is 16.4. The Morgan fingerprint density at radius 3 is 2.62 bits per heavy atom. The van der Waals surface area contributed by atoms with Crippen molar-refractivity contribution in [3.05, 3.63) is 64.4 Å². The molecule has 3 nitrogen and oxygen atoms in total. The Morgan fingerprint density at radius 2 is 1.92 bits per heavy atom. The Labute approximate surface area is 152 Å². The number of benzene rings is 2. The van der Waals surface area contributed by atoms with Crippen molar-refractivity contribution in [3.8, 4) is 5.75 Å². The molecule has 0 fully saturated rings. The van der Waals surface area contributed by atoms with Crippen LogP contribution in [-0.2, 0) is 4.74 Å². The molecule has 24 heavy (non-hydrogen) atoms. The van der Waals surface area contributed by atoms with E-state index in [9.17, 15) is 4.39 Å². The molecule has 3 rings (SSSR count). The summed E-state index contributed by atoms with van der Waals surface area (Å²) in [7, 11) is 0. The van der Waals surface area contributed by atoms with Gasteiger partial charge in [0.15, 0.2) is 0 Å². The maximum absolute atomic E-state index is 14.2. The first kappa shape index (κ1) is 19.0. The first-order chi connectivity index (χ1) is 11.0. The summed E-state index contributed by atoms with van der Waals surface area (Å²) in [5.41, 5.74) is 1.22. The van der Waals surface area contributed by atoms with Crippen LogP contribution in [0.15, 0.2) is 42.5 Å². The largest absolute Gasteiger partial charge is 0.463 e. The number of hydrogen-bond acceptors (Lipinski definition) is 3. The minimum Gasteiger partial charge on any atom is -0.463 e. The molecule has 2 aromatic rings. The van der Waals surface area contributed by atoms with Gasteiger partial charge in [0.2, 0.25) is 6.29 Å². The summed E-state index contributed by atoms with van der Waals surface area (Å²) in [6.45, 7) is 4.61. The molecule has 0 unspecified atom stereocenters. The molecule has 130 valence electrons. The molecule has 1 aliphatic rings. The summed E-state index contributed by atoms with van der Waals surface area (Å²) in [6, 6.07) is 12.2. The highest BCUT2D eigenvalue weighted by Crippen LogP contribution is 2.40. The van der Waals surface area contributed by atoms with Gasteiger partial charge in [0.25, 0.3) is 0 Å². The lowest BCUT2D eigenvalue weighted by molar-refractivity contribution is -0.125. The summed E-state index contributed by atoms with van der Waals surface area (Å²) < 4.78 is 26.1. The predicted molar refractivity (Wildman–Crippen MR) is 95.6 cm³/mol. The fraction of sp³-hybridized carbons (Fsp3) is 0.333. The summed E-state index contributed by atoms with van der Waals surface area (Å²) in [5, 5.41) is 3.84. The number of halogens is 3. The lowest BCUT2D eigenvalue weighted by Crippen LogP contribution is -2.40. The molecule has 0 saturated heterocycles. The van der Waals surface area contributed by atoms with Gasteiger partial charge in [-0.05, 0) is 24.3 Å². The van der Waals surface area contributed by atoms with E-state index in [1.165, 1.54) is 6.07 Å². The van der Waals surface area contributed by atoms with Crippen molar-refractivity contribution in [2.45, 2.75) is 32.3 Å². The van der Waals surface area contributed by atoms with E-state index >= 15 is 0 Å². The summed E-state index contributed by atoms with van der Waals surface area (Å²) in [6.07, 6.45) is -1.03. The van der Waals surface area contributed by atoms with E-state index in [0.29, 0.717) is 28.9 Å². The molecule has 1 heterocycles. The Hall–Kier alpha value is -1.33. The van der Waals surface area contributed by atoms with Crippen molar-refractivity contribution >= 4 is 24.0 Å². The monoisotopic (exact) mass is 371 g/mol. The van der Waals surface area contributed by atoms with Crippen molar-refractivity contribution in [2.75, 3.05) is 6.54 Å². The van der Waals surface area contributed by atoms with Gasteiger partial charge in [-0.3, -0.25) is 0 Å². The van der Waals surface area contributed by atoms with E-state index < -0.39 is 12.4 Å². The molecule has 0 spiro atoms. The first-order valence-corrected chi connectivity index (χ1v) is 8.02. The highest BCUT2D eigenvalue weighted by Gasteiger charge is 2.31. The van der Waals surface area contributed by atoms with E-state index in [-0.39, 0.29) is 18.2 Å². The third-order valence-corrected chi connectivity index (χ3v) is 3.92. The first-order valence-electron chi connectivity index (χ1n) is 7.64. The van der Waals surface area contributed by atoms with E-state index in [4.69, 9.17) is 21.1 Å². The highest BCUT2D eigenvalue weighted by molar-refractivity contribution is 6.30. The lowest BCUT2D eigenvalue weighted by Gasteiger charge is -2.33. The van der Waals surface area contributed by atoms with Crippen LogP contribution >= 0.6 is 24.0 Å². The molecule has 0 aliphatic carbocycles. The van der Waals surface area contributed by atoms with E-state index in [0.717, 1.165) is 5.56 Å². The van der Waals surface area contributed by atoms with Gasteiger partial charge in [0.05, 0.1) is 6.54 Å². The number of ether oxygens (including phenoxy) is 2. The number of rotatable bonds is 4. The fourth-order valence-corrected chi connectivity index (χ4v) is 2.76. The van der Waals surface area contributed by atoms with Gasteiger partial charge in [-0.1, -0.05) is 43.6 Å². The van der Waals surface area contributed by atoms with Crippen LogP contribution in [0.1, 0.15) is 31.1 Å². The van der Waals surface area contributed by atoms with Crippen LogP contribution in [0, 0.1) is 5.82 Å². The second kappa shape index (κ2) is 8.17. The Bertz CT molecular complexity index is 696. The van der Waals surface area contributed by atoms with Crippen molar-refractivity contribution in [2.24, 2.45) is 0 Å². The summed E-state index contributed by atoms with van der Waals surface area (Å²) in [4.78, 5) is 0. The van der Waals surface area contributed by atoms with Crippen molar-refractivity contribution < 1.29 is 13.9 Å². The van der Waals surface area contributed by atoms with Gasteiger partial charge in [-0.25, -0.2) is 4.39 Å². The average Bonchev–Trinajstić information content (AvgIpc) is 2.53. The molecule has 6 heteroatoms. The van der Waals surface area contributed by atoms with Crippen LogP contribution in [0.5, 0.6) is 5.75 Å². The minimum atomic E-state index is -0.544. The van der Waals surface area contributed by atoms with Crippen LogP contribution in [0.3, 0.4) is 0 Å². The normalized spacial score (nSPS) is 19.4. The molecule has 2 atom stereocenters. The second-order valence-electron chi connectivity index (χ2n) is 5.83.